The Bertz CT molecular complexity index is 560. The van der Waals surface area contributed by atoms with Gasteiger partial charge in [-0.15, -0.1) is 0 Å². The van der Waals surface area contributed by atoms with Crippen molar-refractivity contribution in [1.82, 2.24) is 0 Å². The molecule has 4 heteroatoms. The molecule has 1 N–H and O–H groups in total. The quantitative estimate of drug-likeness (QED) is 0.816. The Morgan fingerprint density at radius 2 is 2.00 bits per heavy atom. The van der Waals surface area contributed by atoms with E-state index in [1.807, 2.05) is 49.4 Å². The highest BCUT2D eigenvalue weighted by molar-refractivity contribution is 9.10. The van der Waals surface area contributed by atoms with Gasteiger partial charge in [0.15, 0.2) is 0 Å². The lowest BCUT2D eigenvalue weighted by atomic mass is 10.2. The molecule has 0 aliphatic rings. The van der Waals surface area contributed by atoms with E-state index >= 15 is 0 Å². The maximum Gasteiger partial charge on any atom is 0.142 e. The van der Waals surface area contributed by atoms with Crippen molar-refractivity contribution >= 4 is 33.2 Å². The van der Waals surface area contributed by atoms with Gasteiger partial charge in [-0.1, -0.05) is 39.7 Å². The number of ether oxygens (including phenoxy) is 1. The summed E-state index contributed by atoms with van der Waals surface area (Å²) < 4.78 is 6.62. The lowest BCUT2D eigenvalue weighted by Gasteiger charge is -2.13. The van der Waals surface area contributed by atoms with Gasteiger partial charge in [0.25, 0.3) is 0 Å². The maximum absolute atomic E-state index is 6.01. The fourth-order valence-corrected chi connectivity index (χ4v) is 2.34. The number of nitrogens with one attached hydrogen (secondary N) is 1. The van der Waals surface area contributed by atoms with Crippen LogP contribution in [0, 0.1) is 0 Å². The molecule has 0 unspecified atom stereocenters. The largest absolute Gasteiger partial charge is 0.492 e. The predicted octanol–water partition coefficient (Wildman–Crippen LogP) is 5.11. The van der Waals surface area contributed by atoms with E-state index in [-0.39, 0.29) is 0 Å². The van der Waals surface area contributed by atoms with E-state index in [2.05, 4.69) is 21.2 Å². The third kappa shape index (κ3) is 3.88. The molecule has 100 valence electrons. The van der Waals surface area contributed by atoms with Gasteiger partial charge in [-0.25, -0.2) is 0 Å². The highest BCUT2D eigenvalue weighted by Crippen LogP contribution is 2.26. The van der Waals surface area contributed by atoms with Gasteiger partial charge in [-0.2, -0.15) is 0 Å². The number of benzene rings is 2. The Morgan fingerprint density at radius 1 is 1.21 bits per heavy atom. The van der Waals surface area contributed by atoms with E-state index < -0.39 is 0 Å². The minimum Gasteiger partial charge on any atom is -0.492 e. The van der Waals surface area contributed by atoms with Gasteiger partial charge >= 0.3 is 0 Å². The minimum absolute atomic E-state index is 0.652. The van der Waals surface area contributed by atoms with Gasteiger partial charge in [0.05, 0.1) is 12.3 Å². The van der Waals surface area contributed by atoms with Crippen LogP contribution in [0.5, 0.6) is 5.75 Å². The first-order chi connectivity index (χ1) is 9.20. The van der Waals surface area contributed by atoms with E-state index in [1.165, 1.54) is 0 Å². The third-order valence-electron chi connectivity index (χ3n) is 2.66. The standard InChI is InChI=1S/C15H15BrClNO/c1-2-19-15-6-4-3-5-14(15)18-10-11-9-12(17)7-8-13(11)16/h3-9,18H,2,10H2,1H3. The fraction of sp³-hybridized carbons (Fsp3) is 0.200. The van der Waals surface area contributed by atoms with Crippen LogP contribution in [0.15, 0.2) is 46.9 Å². The Balaban J connectivity index is 2.12. The Morgan fingerprint density at radius 3 is 2.79 bits per heavy atom. The van der Waals surface area contributed by atoms with Crippen molar-refractivity contribution in [3.8, 4) is 5.75 Å². The lowest BCUT2D eigenvalue weighted by Crippen LogP contribution is -2.03. The average molecular weight is 341 g/mol. The normalized spacial score (nSPS) is 10.3. The van der Waals surface area contributed by atoms with Crippen molar-refractivity contribution in [3.63, 3.8) is 0 Å². The summed E-state index contributed by atoms with van der Waals surface area (Å²) in [7, 11) is 0. The zero-order chi connectivity index (χ0) is 13.7. The summed E-state index contributed by atoms with van der Waals surface area (Å²) in [6.45, 7) is 3.31. The molecule has 0 radical (unpaired) electrons. The van der Waals surface area contributed by atoms with Crippen LogP contribution >= 0.6 is 27.5 Å². The van der Waals surface area contributed by atoms with E-state index in [1.54, 1.807) is 0 Å². The molecule has 0 saturated carbocycles. The van der Waals surface area contributed by atoms with Crippen molar-refractivity contribution in [2.45, 2.75) is 13.5 Å². The monoisotopic (exact) mass is 339 g/mol. The molecule has 19 heavy (non-hydrogen) atoms. The van der Waals surface area contributed by atoms with Crippen LogP contribution in [0.1, 0.15) is 12.5 Å². The van der Waals surface area contributed by atoms with Crippen LogP contribution in [0.4, 0.5) is 5.69 Å². The molecule has 0 fully saturated rings. The number of rotatable bonds is 5. The molecule has 2 aromatic rings. The highest BCUT2D eigenvalue weighted by atomic mass is 79.9. The molecule has 2 aromatic carbocycles. The van der Waals surface area contributed by atoms with E-state index in [0.717, 1.165) is 26.5 Å². The topological polar surface area (TPSA) is 21.3 Å². The second kappa shape index (κ2) is 6.83. The van der Waals surface area contributed by atoms with Gasteiger partial charge in [0, 0.05) is 16.0 Å². The van der Waals surface area contributed by atoms with Crippen molar-refractivity contribution < 1.29 is 4.74 Å². The maximum atomic E-state index is 6.01. The van der Waals surface area contributed by atoms with Gasteiger partial charge in [-0.05, 0) is 42.8 Å². The summed E-state index contributed by atoms with van der Waals surface area (Å²) in [6.07, 6.45) is 0. The molecule has 2 nitrogen and oxygen atoms in total. The number of halogens is 2. The summed E-state index contributed by atoms with van der Waals surface area (Å²) >= 11 is 9.53. The Kier molecular flexibility index (Phi) is 5.11. The molecule has 0 aliphatic carbocycles. The zero-order valence-electron chi connectivity index (χ0n) is 10.6. The molecular formula is C15H15BrClNO. The fourth-order valence-electron chi connectivity index (χ4n) is 1.76. The first-order valence-corrected chi connectivity index (χ1v) is 7.27. The lowest BCUT2D eigenvalue weighted by molar-refractivity contribution is 0.341. The molecule has 0 spiro atoms. The smallest absolute Gasteiger partial charge is 0.142 e. The molecule has 0 heterocycles. The van der Waals surface area contributed by atoms with Crippen LogP contribution < -0.4 is 10.1 Å². The van der Waals surface area contributed by atoms with Crippen molar-refractivity contribution in [1.29, 1.82) is 0 Å². The molecule has 0 bridgehead atoms. The van der Waals surface area contributed by atoms with Gasteiger partial charge in [0.2, 0.25) is 0 Å². The number of para-hydroxylation sites is 2. The average Bonchev–Trinajstić information content (AvgIpc) is 2.42. The summed E-state index contributed by atoms with van der Waals surface area (Å²) in [4.78, 5) is 0. The van der Waals surface area contributed by atoms with Gasteiger partial charge < -0.3 is 10.1 Å². The van der Waals surface area contributed by atoms with Crippen molar-refractivity contribution in [3.05, 3.63) is 57.5 Å². The number of hydrogen-bond acceptors (Lipinski definition) is 2. The highest BCUT2D eigenvalue weighted by Gasteiger charge is 2.04. The van der Waals surface area contributed by atoms with E-state index in [9.17, 15) is 0 Å². The van der Waals surface area contributed by atoms with Gasteiger partial charge in [0.1, 0.15) is 5.75 Å². The van der Waals surface area contributed by atoms with Crippen LogP contribution in [0.3, 0.4) is 0 Å². The zero-order valence-corrected chi connectivity index (χ0v) is 13.0. The van der Waals surface area contributed by atoms with Crippen LogP contribution in [0.25, 0.3) is 0 Å². The summed E-state index contributed by atoms with van der Waals surface area (Å²) in [6, 6.07) is 13.7. The Hall–Kier alpha value is -1.19. The Labute approximate surface area is 126 Å². The first kappa shape index (κ1) is 14.2. The number of anilines is 1. The molecule has 0 amide bonds. The van der Waals surface area contributed by atoms with Crippen molar-refractivity contribution in [2.24, 2.45) is 0 Å². The minimum atomic E-state index is 0.652. The predicted molar refractivity (Wildman–Crippen MR) is 84.1 cm³/mol. The SMILES string of the molecule is CCOc1ccccc1NCc1cc(Cl)ccc1Br. The second-order valence-corrected chi connectivity index (χ2v) is 5.31. The molecule has 0 aromatic heterocycles. The molecule has 0 atom stereocenters. The van der Waals surface area contributed by atoms with E-state index in [0.29, 0.717) is 13.2 Å². The van der Waals surface area contributed by atoms with Crippen LogP contribution in [0.2, 0.25) is 5.02 Å². The first-order valence-electron chi connectivity index (χ1n) is 6.10. The molecule has 2 rings (SSSR count). The summed E-state index contributed by atoms with van der Waals surface area (Å²) in [5.74, 6) is 0.864. The second-order valence-electron chi connectivity index (χ2n) is 4.02. The van der Waals surface area contributed by atoms with E-state index in [4.69, 9.17) is 16.3 Å². The molecule has 0 saturated heterocycles. The van der Waals surface area contributed by atoms with Crippen LogP contribution in [-0.4, -0.2) is 6.61 Å². The van der Waals surface area contributed by atoms with Gasteiger partial charge in [-0.3, -0.25) is 0 Å². The third-order valence-corrected chi connectivity index (χ3v) is 3.67. The molecule has 0 aliphatic heterocycles. The van der Waals surface area contributed by atoms with Crippen molar-refractivity contribution in [2.75, 3.05) is 11.9 Å². The number of hydrogen-bond donors (Lipinski definition) is 1. The molecular weight excluding hydrogens is 326 g/mol. The summed E-state index contributed by atoms with van der Waals surface area (Å²) in [5, 5.41) is 4.10. The summed E-state index contributed by atoms with van der Waals surface area (Å²) in [5.41, 5.74) is 2.09. The van der Waals surface area contributed by atoms with Crippen LogP contribution in [-0.2, 0) is 6.54 Å².